The van der Waals surface area contributed by atoms with Gasteiger partial charge in [-0.25, -0.2) is 0 Å². The first-order valence-corrected chi connectivity index (χ1v) is 8.80. The van der Waals surface area contributed by atoms with Gasteiger partial charge in [-0.05, 0) is 50.6 Å². The van der Waals surface area contributed by atoms with Crippen LogP contribution in [0.2, 0.25) is 0 Å². The molecule has 1 N–H and O–H groups in total. The van der Waals surface area contributed by atoms with Crippen LogP contribution < -0.4 is 5.32 Å². The molecule has 21 heavy (non-hydrogen) atoms. The van der Waals surface area contributed by atoms with Crippen molar-refractivity contribution in [3.05, 3.63) is 0 Å². The molecule has 1 amide bonds. The average molecular weight is 293 g/mol. The summed E-state index contributed by atoms with van der Waals surface area (Å²) >= 11 is 0. The molecule has 3 aliphatic rings. The number of rotatable bonds is 4. The van der Waals surface area contributed by atoms with E-state index >= 15 is 0 Å². The fourth-order valence-electron chi connectivity index (χ4n) is 3.85. The van der Waals surface area contributed by atoms with E-state index < -0.39 is 0 Å². The van der Waals surface area contributed by atoms with E-state index in [4.69, 9.17) is 0 Å². The molecule has 0 bridgehead atoms. The number of piperidine rings is 1. The molecule has 0 radical (unpaired) electrons. The Morgan fingerprint density at radius 1 is 1.14 bits per heavy atom. The van der Waals surface area contributed by atoms with Crippen molar-refractivity contribution in [2.75, 3.05) is 45.8 Å². The van der Waals surface area contributed by atoms with Crippen LogP contribution in [0.4, 0.5) is 0 Å². The van der Waals surface area contributed by atoms with Crippen LogP contribution in [-0.2, 0) is 4.79 Å². The molecule has 2 saturated heterocycles. The summed E-state index contributed by atoms with van der Waals surface area (Å²) in [5.74, 6) is 1.82. The predicted octanol–water partition coefficient (Wildman–Crippen LogP) is 1.57. The Balaban J connectivity index is 1.52. The van der Waals surface area contributed by atoms with Crippen molar-refractivity contribution in [1.82, 2.24) is 15.1 Å². The smallest absolute Gasteiger partial charge is 0.228 e. The van der Waals surface area contributed by atoms with Crippen molar-refractivity contribution in [2.24, 2.45) is 17.3 Å². The third-order valence-electron chi connectivity index (χ3n) is 5.74. The lowest BCUT2D eigenvalue weighted by atomic mass is 9.74. The highest BCUT2D eigenvalue weighted by Gasteiger charge is 2.40. The van der Waals surface area contributed by atoms with Crippen LogP contribution in [-0.4, -0.2) is 61.5 Å². The van der Waals surface area contributed by atoms with Crippen molar-refractivity contribution >= 4 is 5.91 Å². The summed E-state index contributed by atoms with van der Waals surface area (Å²) in [5, 5.41) is 3.46. The number of piperazine rings is 1. The molecule has 4 nitrogen and oxygen atoms in total. The van der Waals surface area contributed by atoms with Crippen molar-refractivity contribution in [3.63, 3.8) is 0 Å². The van der Waals surface area contributed by atoms with Crippen LogP contribution in [0.1, 0.15) is 39.5 Å². The molecule has 0 aromatic rings. The van der Waals surface area contributed by atoms with Gasteiger partial charge in [-0.15, -0.1) is 0 Å². The minimum absolute atomic E-state index is 0.216. The Kier molecular flexibility index (Phi) is 4.55. The maximum atomic E-state index is 12.9. The zero-order chi connectivity index (χ0) is 14.9. The minimum atomic E-state index is -0.216. The molecule has 1 aliphatic carbocycles. The second-order valence-corrected chi connectivity index (χ2v) is 7.80. The molecule has 120 valence electrons. The van der Waals surface area contributed by atoms with Gasteiger partial charge in [-0.1, -0.05) is 13.8 Å². The van der Waals surface area contributed by atoms with Crippen LogP contribution >= 0.6 is 0 Å². The topological polar surface area (TPSA) is 35.6 Å². The lowest BCUT2D eigenvalue weighted by Gasteiger charge is -2.42. The first-order valence-electron chi connectivity index (χ1n) is 8.80. The lowest BCUT2D eigenvalue weighted by molar-refractivity contribution is -0.145. The fourth-order valence-corrected chi connectivity index (χ4v) is 3.85. The molecule has 2 aliphatic heterocycles. The Bertz CT molecular complexity index is 364. The Hall–Kier alpha value is -0.610. The highest BCUT2D eigenvalue weighted by Crippen LogP contribution is 2.34. The van der Waals surface area contributed by atoms with Gasteiger partial charge >= 0.3 is 0 Å². The SMILES string of the molecule is CC(C)(C(=O)N1CCN(CC2CC2)CC1)C1CCCNC1. The Morgan fingerprint density at radius 2 is 1.86 bits per heavy atom. The molecular weight excluding hydrogens is 262 g/mol. The second kappa shape index (κ2) is 6.25. The quantitative estimate of drug-likeness (QED) is 0.854. The van der Waals surface area contributed by atoms with Crippen molar-refractivity contribution < 1.29 is 4.79 Å². The summed E-state index contributed by atoms with van der Waals surface area (Å²) in [6.07, 6.45) is 5.23. The van der Waals surface area contributed by atoms with Gasteiger partial charge in [0.1, 0.15) is 0 Å². The molecule has 3 rings (SSSR count). The molecular formula is C17H31N3O. The highest BCUT2D eigenvalue weighted by atomic mass is 16.2. The number of nitrogens with zero attached hydrogens (tertiary/aromatic N) is 2. The maximum Gasteiger partial charge on any atom is 0.228 e. The van der Waals surface area contributed by atoms with E-state index in [1.165, 1.54) is 32.2 Å². The highest BCUT2D eigenvalue weighted by molar-refractivity contribution is 5.82. The van der Waals surface area contributed by atoms with Crippen LogP contribution in [0.3, 0.4) is 0 Å². The van der Waals surface area contributed by atoms with Crippen LogP contribution in [0, 0.1) is 17.3 Å². The molecule has 3 fully saturated rings. The normalized spacial score (nSPS) is 28.7. The number of amides is 1. The van der Waals surface area contributed by atoms with Gasteiger partial charge in [0.15, 0.2) is 0 Å². The summed E-state index contributed by atoms with van der Waals surface area (Å²) in [6.45, 7) is 11.7. The molecule has 1 unspecified atom stereocenters. The van der Waals surface area contributed by atoms with E-state index in [1.54, 1.807) is 0 Å². The summed E-state index contributed by atoms with van der Waals surface area (Å²) in [6, 6.07) is 0. The van der Waals surface area contributed by atoms with Gasteiger partial charge < -0.3 is 10.2 Å². The summed E-state index contributed by atoms with van der Waals surface area (Å²) in [7, 11) is 0. The third kappa shape index (κ3) is 3.59. The maximum absolute atomic E-state index is 12.9. The lowest BCUT2D eigenvalue weighted by Crippen LogP contribution is -2.55. The van der Waals surface area contributed by atoms with Crippen molar-refractivity contribution in [2.45, 2.75) is 39.5 Å². The van der Waals surface area contributed by atoms with E-state index in [9.17, 15) is 4.79 Å². The number of carbonyl (C=O) groups excluding carboxylic acids is 1. The summed E-state index contributed by atoms with van der Waals surface area (Å²) in [5.41, 5.74) is -0.216. The Labute approximate surface area is 129 Å². The third-order valence-corrected chi connectivity index (χ3v) is 5.74. The second-order valence-electron chi connectivity index (χ2n) is 7.80. The number of hydrogen-bond acceptors (Lipinski definition) is 3. The fraction of sp³-hybridized carbons (Fsp3) is 0.941. The summed E-state index contributed by atoms with van der Waals surface area (Å²) in [4.78, 5) is 17.6. The Morgan fingerprint density at radius 3 is 2.43 bits per heavy atom. The molecule has 4 heteroatoms. The number of carbonyl (C=O) groups is 1. The molecule has 0 spiro atoms. The van der Waals surface area contributed by atoms with Gasteiger partial charge in [0.25, 0.3) is 0 Å². The average Bonchev–Trinajstić information content (AvgIpc) is 3.32. The molecule has 1 saturated carbocycles. The molecule has 2 heterocycles. The van der Waals surface area contributed by atoms with Gasteiger partial charge in [0.2, 0.25) is 5.91 Å². The van der Waals surface area contributed by atoms with Gasteiger partial charge in [0, 0.05) is 38.1 Å². The largest absolute Gasteiger partial charge is 0.340 e. The van der Waals surface area contributed by atoms with Crippen LogP contribution in [0.25, 0.3) is 0 Å². The first-order chi connectivity index (χ1) is 10.1. The first kappa shape index (κ1) is 15.3. The van der Waals surface area contributed by atoms with E-state index in [2.05, 4.69) is 29.0 Å². The number of hydrogen-bond donors (Lipinski definition) is 1. The van der Waals surface area contributed by atoms with Gasteiger partial charge in [0.05, 0.1) is 0 Å². The van der Waals surface area contributed by atoms with E-state index in [-0.39, 0.29) is 5.41 Å². The van der Waals surface area contributed by atoms with E-state index in [1.807, 2.05) is 0 Å². The minimum Gasteiger partial charge on any atom is -0.340 e. The van der Waals surface area contributed by atoms with Crippen molar-refractivity contribution in [3.8, 4) is 0 Å². The zero-order valence-electron chi connectivity index (χ0n) is 13.7. The monoisotopic (exact) mass is 293 g/mol. The van der Waals surface area contributed by atoms with E-state index in [0.29, 0.717) is 11.8 Å². The molecule has 1 atom stereocenters. The number of nitrogens with one attached hydrogen (secondary N) is 1. The van der Waals surface area contributed by atoms with Gasteiger partial charge in [-0.3, -0.25) is 9.69 Å². The standard InChI is InChI=1S/C17H31N3O/c1-17(2,15-4-3-7-18-12-15)16(21)20-10-8-19(9-11-20)13-14-5-6-14/h14-15,18H,3-13H2,1-2H3. The summed E-state index contributed by atoms with van der Waals surface area (Å²) < 4.78 is 0. The molecule has 0 aromatic carbocycles. The van der Waals surface area contributed by atoms with Crippen LogP contribution in [0.5, 0.6) is 0 Å². The van der Waals surface area contributed by atoms with Crippen molar-refractivity contribution in [1.29, 1.82) is 0 Å². The zero-order valence-corrected chi connectivity index (χ0v) is 13.7. The van der Waals surface area contributed by atoms with Crippen LogP contribution in [0.15, 0.2) is 0 Å². The predicted molar refractivity (Wildman–Crippen MR) is 85.1 cm³/mol. The molecule has 0 aromatic heterocycles. The van der Waals surface area contributed by atoms with Gasteiger partial charge in [-0.2, -0.15) is 0 Å². The van der Waals surface area contributed by atoms with E-state index in [0.717, 1.165) is 45.2 Å².